The summed E-state index contributed by atoms with van der Waals surface area (Å²) in [5.74, 6) is -0.356. The summed E-state index contributed by atoms with van der Waals surface area (Å²) in [6, 6.07) is 4.50. The third-order valence-electron chi connectivity index (χ3n) is 2.50. The van der Waals surface area contributed by atoms with E-state index < -0.39 is 17.8 Å². The van der Waals surface area contributed by atoms with Gasteiger partial charge in [0.1, 0.15) is 5.82 Å². The third-order valence-corrected chi connectivity index (χ3v) is 2.50. The molecule has 0 saturated carbocycles. The minimum atomic E-state index is -4.54. The van der Waals surface area contributed by atoms with Crippen LogP contribution < -0.4 is 11.1 Å². The first-order chi connectivity index (χ1) is 9.45. The molecule has 2 aromatic heterocycles. The molecule has 20 heavy (non-hydrogen) atoms. The summed E-state index contributed by atoms with van der Waals surface area (Å²) in [4.78, 5) is 10.8. The minimum absolute atomic E-state index is 0.0545. The molecule has 3 N–H and O–H groups in total. The summed E-state index contributed by atoms with van der Waals surface area (Å²) in [5.41, 5.74) is 5.23. The molecule has 0 atom stereocenters. The Kier molecular flexibility index (Phi) is 4.02. The number of alkyl halides is 3. The molecule has 2 aromatic rings. The largest absolute Gasteiger partial charge is 0.433 e. The average molecular weight is 283 g/mol. The van der Waals surface area contributed by atoms with Crippen molar-refractivity contribution in [1.82, 2.24) is 15.0 Å². The first kappa shape index (κ1) is 14.0. The lowest BCUT2D eigenvalue weighted by Crippen LogP contribution is -2.14. The van der Waals surface area contributed by atoms with Crippen LogP contribution in [-0.2, 0) is 12.6 Å². The minimum Gasteiger partial charge on any atom is -0.370 e. The average Bonchev–Trinajstić information content (AvgIpc) is 2.38. The van der Waals surface area contributed by atoms with E-state index in [0.29, 0.717) is 13.0 Å². The number of halogens is 3. The molecule has 0 unspecified atom stereocenters. The van der Waals surface area contributed by atoms with E-state index in [0.717, 1.165) is 11.6 Å². The van der Waals surface area contributed by atoms with Gasteiger partial charge in [-0.2, -0.15) is 18.2 Å². The number of nitrogens with zero attached hydrogens (tertiary/aromatic N) is 3. The smallest absolute Gasteiger partial charge is 0.370 e. The molecule has 2 heterocycles. The molecule has 0 saturated heterocycles. The van der Waals surface area contributed by atoms with Gasteiger partial charge in [0.2, 0.25) is 5.95 Å². The Labute approximate surface area is 113 Å². The second-order valence-corrected chi connectivity index (χ2v) is 4.03. The first-order valence-corrected chi connectivity index (χ1v) is 5.79. The molecule has 0 amide bonds. The summed E-state index contributed by atoms with van der Waals surface area (Å²) in [7, 11) is 0. The van der Waals surface area contributed by atoms with E-state index in [9.17, 15) is 13.2 Å². The lowest BCUT2D eigenvalue weighted by molar-refractivity contribution is -0.141. The van der Waals surface area contributed by atoms with E-state index >= 15 is 0 Å². The molecular formula is C12H12F3N5. The summed E-state index contributed by atoms with van der Waals surface area (Å²) in [6.45, 7) is 0.428. The summed E-state index contributed by atoms with van der Waals surface area (Å²) in [6.07, 6.45) is -0.605. The topological polar surface area (TPSA) is 76.7 Å². The number of nitrogens with one attached hydrogen (secondary N) is 1. The quantitative estimate of drug-likeness (QED) is 0.898. The van der Waals surface area contributed by atoms with Gasteiger partial charge in [-0.25, -0.2) is 4.98 Å². The van der Waals surface area contributed by atoms with Gasteiger partial charge in [0.25, 0.3) is 0 Å². The number of aromatic nitrogens is 3. The van der Waals surface area contributed by atoms with Crippen LogP contribution in [0.15, 0.2) is 30.6 Å². The zero-order valence-corrected chi connectivity index (χ0v) is 10.4. The fourth-order valence-corrected chi connectivity index (χ4v) is 1.59. The summed E-state index contributed by atoms with van der Waals surface area (Å²) in [5, 5.41) is 2.79. The summed E-state index contributed by atoms with van der Waals surface area (Å²) < 4.78 is 37.7. The number of anilines is 2. The Hall–Kier alpha value is -2.38. The van der Waals surface area contributed by atoms with Crippen molar-refractivity contribution in [3.05, 3.63) is 41.9 Å². The van der Waals surface area contributed by atoms with E-state index in [1.54, 1.807) is 12.4 Å². The van der Waals surface area contributed by atoms with Crippen LogP contribution >= 0.6 is 0 Å². The number of hydrogen-bond donors (Lipinski definition) is 2. The standard InChI is InChI=1S/C12H12F3N5/c13-12(14,15)9-7-10(20-11(16)19-9)18-6-3-8-1-4-17-5-2-8/h1-2,4-5,7H,3,6H2,(H3,16,18,19,20). The van der Waals surface area contributed by atoms with E-state index in [4.69, 9.17) is 5.73 Å². The normalized spacial score (nSPS) is 11.3. The van der Waals surface area contributed by atoms with E-state index in [-0.39, 0.29) is 5.82 Å². The number of nitrogen functional groups attached to an aromatic ring is 1. The number of hydrogen-bond acceptors (Lipinski definition) is 5. The molecule has 106 valence electrons. The Bertz CT molecular complexity index is 571. The predicted octanol–water partition coefficient (Wildman–Crippen LogP) is 2.13. The SMILES string of the molecule is Nc1nc(NCCc2ccncc2)cc(C(F)(F)F)n1. The van der Waals surface area contributed by atoms with Crippen LogP contribution in [0, 0.1) is 0 Å². The fourth-order valence-electron chi connectivity index (χ4n) is 1.59. The van der Waals surface area contributed by atoms with Crippen LogP contribution in [0.5, 0.6) is 0 Å². The zero-order chi connectivity index (χ0) is 14.6. The van der Waals surface area contributed by atoms with Crippen LogP contribution in [0.4, 0.5) is 24.9 Å². The monoisotopic (exact) mass is 283 g/mol. The highest BCUT2D eigenvalue weighted by molar-refractivity contribution is 5.41. The molecule has 0 radical (unpaired) electrons. The molecule has 0 aliphatic carbocycles. The Morgan fingerprint density at radius 3 is 2.50 bits per heavy atom. The highest BCUT2D eigenvalue weighted by Gasteiger charge is 2.33. The molecule has 0 aliphatic rings. The Balaban J connectivity index is 2.01. The molecule has 0 aromatic carbocycles. The van der Waals surface area contributed by atoms with Gasteiger partial charge in [0.05, 0.1) is 0 Å². The molecule has 2 rings (SSSR count). The van der Waals surface area contributed by atoms with Crippen molar-refractivity contribution in [3.8, 4) is 0 Å². The van der Waals surface area contributed by atoms with Crippen molar-refractivity contribution >= 4 is 11.8 Å². The number of nitrogens with two attached hydrogens (primary N) is 1. The van der Waals surface area contributed by atoms with Crippen LogP contribution in [0.25, 0.3) is 0 Å². The molecule has 8 heteroatoms. The maximum absolute atomic E-state index is 12.6. The van der Waals surface area contributed by atoms with E-state index in [2.05, 4.69) is 20.3 Å². The van der Waals surface area contributed by atoms with Gasteiger partial charge in [-0.3, -0.25) is 4.98 Å². The maximum atomic E-state index is 12.6. The summed E-state index contributed by atoms with van der Waals surface area (Å²) >= 11 is 0. The van der Waals surface area contributed by atoms with Crippen LogP contribution in [0.3, 0.4) is 0 Å². The molecule has 0 bridgehead atoms. The van der Waals surface area contributed by atoms with Gasteiger partial charge in [0, 0.05) is 25.0 Å². The number of pyridine rings is 1. The van der Waals surface area contributed by atoms with Gasteiger partial charge >= 0.3 is 6.18 Å². The van der Waals surface area contributed by atoms with Crippen LogP contribution in [0.2, 0.25) is 0 Å². The van der Waals surface area contributed by atoms with Gasteiger partial charge in [0.15, 0.2) is 5.69 Å². The van der Waals surface area contributed by atoms with Gasteiger partial charge < -0.3 is 11.1 Å². The van der Waals surface area contributed by atoms with Crippen molar-refractivity contribution in [1.29, 1.82) is 0 Å². The van der Waals surface area contributed by atoms with Crippen LogP contribution in [-0.4, -0.2) is 21.5 Å². The maximum Gasteiger partial charge on any atom is 0.433 e. The highest BCUT2D eigenvalue weighted by Crippen LogP contribution is 2.29. The molecule has 5 nitrogen and oxygen atoms in total. The first-order valence-electron chi connectivity index (χ1n) is 5.79. The predicted molar refractivity (Wildman–Crippen MR) is 67.9 cm³/mol. The van der Waals surface area contributed by atoms with E-state index in [1.165, 1.54) is 0 Å². The van der Waals surface area contributed by atoms with Gasteiger partial charge in [-0.15, -0.1) is 0 Å². The Morgan fingerprint density at radius 1 is 1.15 bits per heavy atom. The fraction of sp³-hybridized carbons (Fsp3) is 0.250. The van der Waals surface area contributed by atoms with Gasteiger partial charge in [-0.1, -0.05) is 0 Å². The van der Waals surface area contributed by atoms with Crippen molar-refractivity contribution in [2.75, 3.05) is 17.6 Å². The zero-order valence-electron chi connectivity index (χ0n) is 10.4. The third kappa shape index (κ3) is 3.81. The molecule has 0 aliphatic heterocycles. The van der Waals surface area contributed by atoms with Crippen molar-refractivity contribution in [2.45, 2.75) is 12.6 Å². The second kappa shape index (κ2) is 5.72. The lowest BCUT2D eigenvalue weighted by atomic mass is 10.2. The van der Waals surface area contributed by atoms with E-state index in [1.807, 2.05) is 12.1 Å². The van der Waals surface area contributed by atoms with Crippen molar-refractivity contribution in [2.24, 2.45) is 0 Å². The lowest BCUT2D eigenvalue weighted by Gasteiger charge is -2.10. The Morgan fingerprint density at radius 2 is 1.85 bits per heavy atom. The molecule has 0 fully saturated rings. The highest BCUT2D eigenvalue weighted by atomic mass is 19.4. The second-order valence-electron chi connectivity index (χ2n) is 4.03. The molecule has 0 spiro atoms. The molecular weight excluding hydrogens is 271 g/mol. The van der Waals surface area contributed by atoms with Crippen LogP contribution in [0.1, 0.15) is 11.3 Å². The number of rotatable bonds is 4. The van der Waals surface area contributed by atoms with Crippen molar-refractivity contribution < 1.29 is 13.2 Å². The van der Waals surface area contributed by atoms with Gasteiger partial charge in [-0.05, 0) is 24.1 Å². The van der Waals surface area contributed by atoms with Crippen molar-refractivity contribution in [3.63, 3.8) is 0 Å².